The fourth-order valence-electron chi connectivity index (χ4n) is 2.45. The molecule has 0 amide bonds. The van der Waals surface area contributed by atoms with Crippen molar-refractivity contribution in [3.63, 3.8) is 0 Å². The average Bonchev–Trinajstić information content (AvgIpc) is 2.96. The largest absolute Gasteiger partial charge is 0.356 e. The zero-order chi connectivity index (χ0) is 11.0. The SMILES string of the molecule is Cc1cn(C2CC2)c(NCCC2CCC2)n1. The first-order chi connectivity index (χ1) is 7.83. The topological polar surface area (TPSA) is 29.9 Å². The minimum atomic E-state index is 0.729. The van der Waals surface area contributed by atoms with Crippen LogP contribution in [0.1, 0.15) is 50.3 Å². The lowest BCUT2D eigenvalue weighted by Gasteiger charge is -2.25. The quantitative estimate of drug-likeness (QED) is 0.824. The predicted octanol–water partition coefficient (Wildman–Crippen LogP) is 3.13. The minimum Gasteiger partial charge on any atom is -0.356 e. The van der Waals surface area contributed by atoms with Gasteiger partial charge < -0.3 is 9.88 Å². The summed E-state index contributed by atoms with van der Waals surface area (Å²) in [6.07, 6.45) is 10.5. The smallest absolute Gasteiger partial charge is 0.203 e. The molecule has 0 unspecified atom stereocenters. The van der Waals surface area contributed by atoms with E-state index < -0.39 is 0 Å². The molecule has 16 heavy (non-hydrogen) atoms. The van der Waals surface area contributed by atoms with Gasteiger partial charge in [0.2, 0.25) is 5.95 Å². The van der Waals surface area contributed by atoms with E-state index in [2.05, 4.69) is 28.0 Å². The summed E-state index contributed by atoms with van der Waals surface area (Å²) in [7, 11) is 0. The molecule has 3 heteroatoms. The van der Waals surface area contributed by atoms with Crippen LogP contribution in [0.5, 0.6) is 0 Å². The predicted molar refractivity (Wildman–Crippen MR) is 65.7 cm³/mol. The van der Waals surface area contributed by atoms with Gasteiger partial charge in [-0.2, -0.15) is 0 Å². The Kier molecular flexibility index (Phi) is 2.62. The van der Waals surface area contributed by atoms with Gasteiger partial charge in [-0.25, -0.2) is 4.98 Å². The standard InChI is InChI=1S/C13H21N3/c1-10-9-16(12-5-6-12)13(15-10)14-8-7-11-3-2-4-11/h9,11-12H,2-8H2,1H3,(H,14,15). The number of aryl methyl sites for hydroxylation is 1. The van der Waals surface area contributed by atoms with E-state index in [1.807, 2.05) is 0 Å². The molecule has 2 fully saturated rings. The molecule has 0 spiro atoms. The van der Waals surface area contributed by atoms with Crippen molar-refractivity contribution in [1.82, 2.24) is 9.55 Å². The molecule has 2 saturated carbocycles. The van der Waals surface area contributed by atoms with Crippen LogP contribution in [0.25, 0.3) is 0 Å². The van der Waals surface area contributed by atoms with Crippen LogP contribution in [-0.4, -0.2) is 16.1 Å². The third-order valence-corrected chi connectivity index (χ3v) is 3.85. The summed E-state index contributed by atoms with van der Waals surface area (Å²) in [5.74, 6) is 2.08. The second kappa shape index (κ2) is 4.11. The zero-order valence-electron chi connectivity index (χ0n) is 10.1. The molecular formula is C13H21N3. The first-order valence-electron chi connectivity index (χ1n) is 6.62. The Morgan fingerprint density at radius 1 is 1.38 bits per heavy atom. The number of imidazole rings is 1. The molecule has 1 aromatic rings. The minimum absolute atomic E-state index is 0.729. The molecule has 0 aliphatic heterocycles. The Morgan fingerprint density at radius 3 is 2.81 bits per heavy atom. The highest BCUT2D eigenvalue weighted by atomic mass is 15.2. The monoisotopic (exact) mass is 219 g/mol. The maximum atomic E-state index is 4.56. The van der Waals surface area contributed by atoms with Crippen molar-refractivity contribution in [2.24, 2.45) is 5.92 Å². The fourth-order valence-corrected chi connectivity index (χ4v) is 2.45. The normalized spacial score (nSPS) is 20.8. The lowest BCUT2D eigenvalue weighted by atomic mass is 9.83. The molecule has 2 aliphatic carbocycles. The maximum Gasteiger partial charge on any atom is 0.203 e. The van der Waals surface area contributed by atoms with Crippen LogP contribution in [-0.2, 0) is 0 Å². The second-order valence-corrected chi connectivity index (χ2v) is 5.36. The van der Waals surface area contributed by atoms with Gasteiger partial charge in [-0.1, -0.05) is 19.3 Å². The molecule has 88 valence electrons. The summed E-state index contributed by atoms with van der Waals surface area (Å²) in [6, 6.07) is 0.729. The van der Waals surface area contributed by atoms with Crippen molar-refractivity contribution in [3.8, 4) is 0 Å². The first-order valence-corrected chi connectivity index (χ1v) is 6.62. The Bertz CT molecular complexity index is 361. The van der Waals surface area contributed by atoms with Crippen LogP contribution < -0.4 is 5.32 Å². The molecule has 1 N–H and O–H groups in total. The molecule has 3 nitrogen and oxygen atoms in total. The van der Waals surface area contributed by atoms with Gasteiger partial charge in [0, 0.05) is 18.8 Å². The molecular weight excluding hydrogens is 198 g/mol. The highest BCUT2D eigenvalue weighted by Crippen LogP contribution is 2.37. The van der Waals surface area contributed by atoms with Gasteiger partial charge in [-0.15, -0.1) is 0 Å². The van der Waals surface area contributed by atoms with E-state index in [4.69, 9.17) is 0 Å². The summed E-state index contributed by atoms with van der Waals surface area (Å²) in [4.78, 5) is 4.56. The Balaban J connectivity index is 1.55. The lowest BCUT2D eigenvalue weighted by molar-refractivity contribution is 0.302. The Labute approximate surface area is 97.3 Å². The van der Waals surface area contributed by atoms with Gasteiger partial charge in [0.15, 0.2) is 0 Å². The Hall–Kier alpha value is -0.990. The number of aromatic nitrogens is 2. The van der Waals surface area contributed by atoms with Crippen molar-refractivity contribution in [2.75, 3.05) is 11.9 Å². The van der Waals surface area contributed by atoms with Gasteiger partial charge in [0.05, 0.1) is 5.69 Å². The molecule has 1 heterocycles. The van der Waals surface area contributed by atoms with Gasteiger partial charge >= 0.3 is 0 Å². The summed E-state index contributed by atoms with van der Waals surface area (Å²) in [6.45, 7) is 3.17. The van der Waals surface area contributed by atoms with Gasteiger partial charge in [-0.3, -0.25) is 0 Å². The molecule has 0 saturated heterocycles. The fraction of sp³-hybridized carbons (Fsp3) is 0.769. The van der Waals surface area contributed by atoms with Crippen LogP contribution in [0.15, 0.2) is 6.20 Å². The van der Waals surface area contributed by atoms with Crippen molar-refractivity contribution in [2.45, 2.75) is 51.5 Å². The zero-order valence-corrected chi connectivity index (χ0v) is 10.1. The first kappa shape index (κ1) is 10.2. The average molecular weight is 219 g/mol. The van der Waals surface area contributed by atoms with E-state index in [0.717, 1.165) is 30.1 Å². The van der Waals surface area contributed by atoms with Crippen LogP contribution in [0, 0.1) is 12.8 Å². The highest BCUT2D eigenvalue weighted by Gasteiger charge is 2.26. The highest BCUT2D eigenvalue weighted by molar-refractivity contribution is 5.30. The molecule has 2 aliphatic rings. The van der Waals surface area contributed by atoms with Crippen LogP contribution in [0.3, 0.4) is 0 Å². The number of nitrogens with zero attached hydrogens (tertiary/aromatic N) is 2. The van der Waals surface area contributed by atoms with E-state index in [1.54, 1.807) is 0 Å². The number of anilines is 1. The maximum absolute atomic E-state index is 4.56. The van der Waals surface area contributed by atoms with Gasteiger partial charge in [0.25, 0.3) is 0 Å². The van der Waals surface area contributed by atoms with Crippen molar-refractivity contribution < 1.29 is 0 Å². The van der Waals surface area contributed by atoms with E-state index in [1.165, 1.54) is 38.5 Å². The van der Waals surface area contributed by atoms with Crippen LogP contribution >= 0.6 is 0 Å². The summed E-state index contributed by atoms with van der Waals surface area (Å²) in [5.41, 5.74) is 1.14. The molecule has 3 rings (SSSR count). The van der Waals surface area contributed by atoms with Crippen molar-refractivity contribution in [3.05, 3.63) is 11.9 Å². The summed E-state index contributed by atoms with van der Waals surface area (Å²) < 4.78 is 2.33. The van der Waals surface area contributed by atoms with Crippen molar-refractivity contribution >= 4 is 5.95 Å². The van der Waals surface area contributed by atoms with Crippen LogP contribution in [0.2, 0.25) is 0 Å². The van der Waals surface area contributed by atoms with E-state index in [-0.39, 0.29) is 0 Å². The van der Waals surface area contributed by atoms with E-state index in [9.17, 15) is 0 Å². The number of nitrogens with one attached hydrogen (secondary N) is 1. The molecule has 1 aromatic heterocycles. The summed E-state index contributed by atoms with van der Waals surface area (Å²) >= 11 is 0. The number of rotatable bonds is 5. The van der Waals surface area contributed by atoms with Crippen molar-refractivity contribution in [1.29, 1.82) is 0 Å². The van der Waals surface area contributed by atoms with Gasteiger partial charge in [0.1, 0.15) is 0 Å². The molecule has 0 aromatic carbocycles. The molecule has 0 atom stereocenters. The number of hydrogen-bond acceptors (Lipinski definition) is 2. The Morgan fingerprint density at radius 2 is 2.19 bits per heavy atom. The van der Waals surface area contributed by atoms with E-state index >= 15 is 0 Å². The summed E-state index contributed by atoms with van der Waals surface area (Å²) in [5, 5.41) is 3.51. The molecule has 0 radical (unpaired) electrons. The van der Waals surface area contributed by atoms with Gasteiger partial charge in [-0.05, 0) is 32.1 Å². The molecule has 0 bridgehead atoms. The second-order valence-electron chi connectivity index (χ2n) is 5.36. The van der Waals surface area contributed by atoms with E-state index in [0.29, 0.717) is 0 Å². The lowest BCUT2D eigenvalue weighted by Crippen LogP contribution is -2.17. The third-order valence-electron chi connectivity index (χ3n) is 3.85. The number of hydrogen-bond donors (Lipinski definition) is 1. The van der Waals surface area contributed by atoms with Crippen LogP contribution in [0.4, 0.5) is 5.95 Å². The third kappa shape index (κ3) is 2.08.